The number of rotatable bonds is 2. The molecule has 1 aliphatic carbocycles. The van der Waals surface area contributed by atoms with Gasteiger partial charge in [-0.05, 0) is 12.8 Å². The standard InChI is InChI=1S/C13H20N4OS/c19-13(16-6-8-18-9-7-16)12-10-17(15-14-12)11-4-2-1-3-5-11/h10-11H,1-9H2. The van der Waals surface area contributed by atoms with Gasteiger partial charge in [-0.15, -0.1) is 5.10 Å². The largest absolute Gasteiger partial charge is 0.378 e. The van der Waals surface area contributed by atoms with Gasteiger partial charge in [0.2, 0.25) is 0 Å². The molecular formula is C13H20N4OS. The van der Waals surface area contributed by atoms with Crippen molar-refractivity contribution in [1.82, 2.24) is 19.9 Å². The predicted molar refractivity (Wildman–Crippen MR) is 76.2 cm³/mol. The van der Waals surface area contributed by atoms with E-state index in [9.17, 15) is 0 Å². The maximum Gasteiger partial charge on any atom is 0.140 e. The molecule has 0 bridgehead atoms. The molecule has 104 valence electrons. The van der Waals surface area contributed by atoms with Crippen molar-refractivity contribution in [2.45, 2.75) is 38.1 Å². The Hall–Kier alpha value is -1.01. The number of ether oxygens (including phenoxy) is 1. The third kappa shape index (κ3) is 2.95. The van der Waals surface area contributed by atoms with Crippen LogP contribution in [0, 0.1) is 0 Å². The average molecular weight is 280 g/mol. The zero-order valence-corrected chi connectivity index (χ0v) is 11.9. The lowest BCUT2D eigenvalue weighted by atomic mass is 9.96. The van der Waals surface area contributed by atoms with E-state index in [4.69, 9.17) is 17.0 Å². The number of thiocarbonyl (C=S) groups is 1. The summed E-state index contributed by atoms with van der Waals surface area (Å²) in [5, 5.41) is 8.53. The molecule has 1 aromatic heterocycles. The molecule has 0 amide bonds. The fraction of sp³-hybridized carbons (Fsp3) is 0.769. The molecule has 1 aliphatic heterocycles. The summed E-state index contributed by atoms with van der Waals surface area (Å²) in [4.78, 5) is 2.97. The van der Waals surface area contributed by atoms with Crippen LogP contribution in [0.1, 0.15) is 43.8 Å². The Morgan fingerprint density at radius 2 is 1.95 bits per heavy atom. The monoisotopic (exact) mass is 280 g/mol. The number of hydrogen-bond donors (Lipinski definition) is 0. The van der Waals surface area contributed by atoms with Crippen molar-refractivity contribution in [2.24, 2.45) is 0 Å². The molecule has 0 atom stereocenters. The quantitative estimate of drug-likeness (QED) is 0.773. The molecular weight excluding hydrogens is 260 g/mol. The summed E-state index contributed by atoms with van der Waals surface area (Å²) in [5.41, 5.74) is 0.836. The van der Waals surface area contributed by atoms with Crippen LogP contribution in [0.25, 0.3) is 0 Å². The van der Waals surface area contributed by atoms with Crippen molar-refractivity contribution in [3.05, 3.63) is 11.9 Å². The lowest BCUT2D eigenvalue weighted by Crippen LogP contribution is -2.40. The van der Waals surface area contributed by atoms with Crippen molar-refractivity contribution >= 4 is 17.2 Å². The SMILES string of the molecule is S=C(c1cn(C2CCCCC2)nn1)N1CCOCC1. The number of hydrogen-bond acceptors (Lipinski definition) is 4. The van der Waals surface area contributed by atoms with Crippen molar-refractivity contribution in [2.75, 3.05) is 26.3 Å². The van der Waals surface area contributed by atoms with Gasteiger partial charge in [0.05, 0.1) is 25.5 Å². The molecule has 2 heterocycles. The van der Waals surface area contributed by atoms with E-state index in [0.29, 0.717) is 6.04 Å². The van der Waals surface area contributed by atoms with Crippen LogP contribution in [0.5, 0.6) is 0 Å². The summed E-state index contributed by atoms with van der Waals surface area (Å²) in [5.74, 6) is 0. The molecule has 1 saturated carbocycles. The first-order valence-corrected chi connectivity index (χ1v) is 7.54. The Balaban J connectivity index is 1.67. The van der Waals surface area contributed by atoms with Crippen LogP contribution in [0.2, 0.25) is 0 Å². The third-order valence-electron chi connectivity index (χ3n) is 3.98. The van der Waals surface area contributed by atoms with E-state index >= 15 is 0 Å². The summed E-state index contributed by atoms with van der Waals surface area (Å²) in [7, 11) is 0. The van der Waals surface area contributed by atoms with E-state index in [2.05, 4.69) is 15.2 Å². The molecule has 0 unspecified atom stereocenters. The molecule has 19 heavy (non-hydrogen) atoms. The normalized spacial score (nSPS) is 21.6. The summed E-state index contributed by atoms with van der Waals surface area (Å²) in [6.45, 7) is 3.21. The molecule has 5 nitrogen and oxygen atoms in total. The number of nitrogens with zero attached hydrogens (tertiary/aromatic N) is 4. The molecule has 1 saturated heterocycles. The van der Waals surface area contributed by atoms with E-state index in [-0.39, 0.29) is 0 Å². The third-order valence-corrected chi connectivity index (χ3v) is 4.44. The van der Waals surface area contributed by atoms with Gasteiger partial charge in [0.1, 0.15) is 10.7 Å². The first-order chi connectivity index (χ1) is 9.34. The number of aromatic nitrogens is 3. The molecule has 3 rings (SSSR count). The van der Waals surface area contributed by atoms with Crippen LogP contribution in [0.15, 0.2) is 6.20 Å². The van der Waals surface area contributed by atoms with Gasteiger partial charge in [-0.2, -0.15) is 0 Å². The highest BCUT2D eigenvalue weighted by Gasteiger charge is 2.21. The molecule has 6 heteroatoms. The van der Waals surface area contributed by atoms with E-state index in [1.54, 1.807) is 0 Å². The van der Waals surface area contributed by atoms with Gasteiger partial charge >= 0.3 is 0 Å². The summed E-state index contributed by atoms with van der Waals surface area (Å²) < 4.78 is 7.36. The fourth-order valence-electron chi connectivity index (χ4n) is 2.83. The summed E-state index contributed by atoms with van der Waals surface area (Å²) >= 11 is 5.51. The van der Waals surface area contributed by atoms with Gasteiger partial charge in [0.25, 0.3) is 0 Å². The van der Waals surface area contributed by atoms with Crippen molar-refractivity contribution in [3.63, 3.8) is 0 Å². The zero-order valence-electron chi connectivity index (χ0n) is 11.1. The molecule has 0 aromatic carbocycles. The molecule has 0 radical (unpaired) electrons. The second-order valence-electron chi connectivity index (χ2n) is 5.28. The predicted octanol–water partition coefficient (Wildman–Crippen LogP) is 1.79. The summed E-state index contributed by atoms with van der Waals surface area (Å²) in [6.07, 6.45) is 8.40. The highest BCUT2D eigenvalue weighted by molar-refractivity contribution is 7.80. The molecule has 0 N–H and O–H groups in total. The lowest BCUT2D eigenvalue weighted by molar-refractivity contribution is 0.0692. The van der Waals surface area contributed by atoms with Crippen LogP contribution >= 0.6 is 12.2 Å². The topological polar surface area (TPSA) is 43.2 Å². The Kier molecular flexibility index (Phi) is 4.08. The maximum atomic E-state index is 5.51. The highest BCUT2D eigenvalue weighted by atomic mass is 32.1. The van der Waals surface area contributed by atoms with Gasteiger partial charge in [0, 0.05) is 13.1 Å². The zero-order chi connectivity index (χ0) is 13.1. The minimum absolute atomic E-state index is 0.516. The maximum absolute atomic E-state index is 5.51. The Morgan fingerprint density at radius 3 is 2.68 bits per heavy atom. The number of morpholine rings is 1. The first kappa shape index (κ1) is 13.0. The van der Waals surface area contributed by atoms with Crippen LogP contribution in [0.4, 0.5) is 0 Å². The molecule has 2 aliphatic rings. The van der Waals surface area contributed by atoms with E-state index in [1.165, 1.54) is 32.1 Å². The Bertz CT molecular complexity index is 436. The second-order valence-corrected chi connectivity index (χ2v) is 5.67. The van der Waals surface area contributed by atoms with Gasteiger partial charge in [-0.3, -0.25) is 0 Å². The van der Waals surface area contributed by atoms with Gasteiger partial charge in [0.15, 0.2) is 0 Å². The Labute approximate surface area is 118 Å². The van der Waals surface area contributed by atoms with E-state index in [1.807, 2.05) is 10.9 Å². The van der Waals surface area contributed by atoms with Crippen LogP contribution in [0.3, 0.4) is 0 Å². The molecule has 1 aromatic rings. The van der Waals surface area contributed by atoms with Gasteiger partial charge in [-0.1, -0.05) is 36.7 Å². The van der Waals surface area contributed by atoms with Crippen molar-refractivity contribution in [3.8, 4) is 0 Å². The minimum Gasteiger partial charge on any atom is -0.378 e. The van der Waals surface area contributed by atoms with Gasteiger partial charge in [-0.25, -0.2) is 4.68 Å². The Morgan fingerprint density at radius 1 is 1.21 bits per heavy atom. The van der Waals surface area contributed by atoms with E-state index < -0.39 is 0 Å². The smallest absolute Gasteiger partial charge is 0.140 e. The van der Waals surface area contributed by atoms with E-state index in [0.717, 1.165) is 37.0 Å². The second kappa shape index (κ2) is 5.96. The van der Waals surface area contributed by atoms with Crippen LogP contribution in [-0.2, 0) is 4.74 Å². The van der Waals surface area contributed by atoms with Crippen LogP contribution < -0.4 is 0 Å². The lowest BCUT2D eigenvalue weighted by Gasteiger charge is -2.28. The minimum atomic E-state index is 0.516. The molecule has 0 spiro atoms. The van der Waals surface area contributed by atoms with Gasteiger partial charge < -0.3 is 9.64 Å². The van der Waals surface area contributed by atoms with Crippen molar-refractivity contribution in [1.29, 1.82) is 0 Å². The van der Waals surface area contributed by atoms with Crippen molar-refractivity contribution < 1.29 is 4.74 Å². The first-order valence-electron chi connectivity index (χ1n) is 7.13. The molecule has 2 fully saturated rings. The highest BCUT2D eigenvalue weighted by Crippen LogP contribution is 2.27. The summed E-state index contributed by atoms with van der Waals surface area (Å²) in [6, 6.07) is 0.516. The average Bonchev–Trinajstić information content (AvgIpc) is 2.98. The van der Waals surface area contributed by atoms with Crippen LogP contribution in [-0.4, -0.2) is 51.2 Å². The fourth-order valence-corrected chi connectivity index (χ4v) is 3.10.